The lowest BCUT2D eigenvalue weighted by molar-refractivity contribution is 1.01. The molecule has 1 aromatic carbocycles. The highest BCUT2D eigenvalue weighted by atomic mass is 15.3. The highest BCUT2D eigenvalue weighted by molar-refractivity contribution is 5.56. The van der Waals surface area contributed by atoms with Gasteiger partial charge in [0.2, 0.25) is 11.9 Å². The van der Waals surface area contributed by atoms with E-state index in [0.717, 1.165) is 11.3 Å². The number of hydrogen-bond donors (Lipinski definition) is 3. The van der Waals surface area contributed by atoms with Crippen LogP contribution in [0.3, 0.4) is 0 Å². The van der Waals surface area contributed by atoms with Crippen LogP contribution in [0.5, 0.6) is 0 Å². The second kappa shape index (κ2) is 6.21. The average Bonchev–Trinajstić information content (AvgIpc) is 2.93. The number of hydrogen-bond acceptors (Lipinski definition) is 6. The van der Waals surface area contributed by atoms with Crippen molar-refractivity contribution in [2.24, 2.45) is 0 Å². The van der Waals surface area contributed by atoms with Gasteiger partial charge in [-0.2, -0.15) is 4.98 Å². The molecule has 0 unspecified atom stereocenters. The molecule has 0 radical (unpaired) electrons. The second-order valence-corrected chi connectivity index (χ2v) is 5.11. The number of aromatic nitrogens is 5. The van der Waals surface area contributed by atoms with Crippen LogP contribution in [0.2, 0.25) is 0 Å². The summed E-state index contributed by atoms with van der Waals surface area (Å²) in [6.45, 7) is 4.70. The van der Waals surface area contributed by atoms with E-state index in [2.05, 4.69) is 67.8 Å². The van der Waals surface area contributed by atoms with Gasteiger partial charge in [-0.25, -0.2) is 15.1 Å². The van der Waals surface area contributed by atoms with Crippen LogP contribution in [0, 0.1) is 13.8 Å². The number of anilines is 3. The van der Waals surface area contributed by atoms with Crippen LogP contribution in [0.25, 0.3) is 0 Å². The zero-order valence-corrected chi connectivity index (χ0v) is 12.5. The minimum atomic E-state index is 0.525. The molecule has 3 N–H and O–H groups in total. The van der Waals surface area contributed by atoms with E-state index in [1.165, 1.54) is 17.5 Å². The lowest BCUT2D eigenvalue weighted by Crippen LogP contribution is -2.01. The van der Waals surface area contributed by atoms with Crippen molar-refractivity contribution in [3.05, 3.63) is 53.6 Å². The molecule has 2 aromatic heterocycles. The molecule has 0 spiro atoms. The van der Waals surface area contributed by atoms with Gasteiger partial charge in [0, 0.05) is 30.2 Å². The first-order chi connectivity index (χ1) is 10.7. The fraction of sp³-hybridized carbons (Fsp3) is 0.200. The van der Waals surface area contributed by atoms with Gasteiger partial charge in [-0.05, 0) is 37.1 Å². The molecule has 112 valence electrons. The Bertz CT molecular complexity index is 731. The van der Waals surface area contributed by atoms with Crippen LogP contribution in [-0.4, -0.2) is 25.1 Å². The molecule has 0 saturated heterocycles. The van der Waals surface area contributed by atoms with Gasteiger partial charge in [-0.15, -0.1) is 5.10 Å². The van der Waals surface area contributed by atoms with Crippen molar-refractivity contribution < 1.29 is 0 Å². The van der Waals surface area contributed by atoms with E-state index < -0.39 is 0 Å². The van der Waals surface area contributed by atoms with E-state index in [-0.39, 0.29) is 0 Å². The molecule has 0 aliphatic rings. The molecule has 3 rings (SSSR count). The van der Waals surface area contributed by atoms with Gasteiger partial charge >= 0.3 is 0 Å². The third-order valence-corrected chi connectivity index (χ3v) is 3.04. The Morgan fingerprint density at radius 3 is 2.50 bits per heavy atom. The third kappa shape index (κ3) is 3.57. The first-order valence-corrected chi connectivity index (χ1v) is 6.94. The summed E-state index contributed by atoms with van der Waals surface area (Å²) in [7, 11) is 0. The normalized spacial score (nSPS) is 10.5. The quantitative estimate of drug-likeness (QED) is 0.670. The molecule has 22 heavy (non-hydrogen) atoms. The largest absolute Gasteiger partial charge is 0.350 e. The number of nitrogens with one attached hydrogen (secondary N) is 3. The summed E-state index contributed by atoms with van der Waals surface area (Å²) in [5.74, 6) is 1.12. The van der Waals surface area contributed by atoms with Crippen LogP contribution in [-0.2, 0) is 6.54 Å². The predicted molar refractivity (Wildman–Crippen MR) is 84.9 cm³/mol. The number of aromatic amines is 1. The highest BCUT2D eigenvalue weighted by Crippen LogP contribution is 2.17. The Labute approximate surface area is 128 Å². The fourth-order valence-electron chi connectivity index (χ4n) is 2.18. The lowest BCUT2D eigenvalue weighted by atomic mass is 10.1. The van der Waals surface area contributed by atoms with E-state index in [4.69, 9.17) is 0 Å². The summed E-state index contributed by atoms with van der Waals surface area (Å²) in [6.07, 6.45) is 5.01. The summed E-state index contributed by atoms with van der Waals surface area (Å²) in [6, 6.07) is 6.23. The van der Waals surface area contributed by atoms with Crippen molar-refractivity contribution in [1.29, 1.82) is 0 Å². The molecule has 0 aliphatic heterocycles. The molecule has 0 bridgehead atoms. The van der Waals surface area contributed by atoms with Gasteiger partial charge in [-0.3, -0.25) is 0 Å². The summed E-state index contributed by atoms with van der Waals surface area (Å²) in [4.78, 5) is 12.3. The summed E-state index contributed by atoms with van der Waals surface area (Å²) in [5, 5.41) is 13.3. The lowest BCUT2D eigenvalue weighted by Gasteiger charge is -2.04. The topological polar surface area (TPSA) is 91.4 Å². The molecule has 2 heterocycles. The number of H-pyrrole nitrogens is 1. The van der Waals surface area contributed by atoms with Gasteiger partial charge < -0.3 is 10.6 Å². The first-order valence-electron chi connectivity index (χ1n) is 6.94. The van der Waals surface area contributed by atoms with Crippen LogP contribution >= 0.6 is 0 Å². The van der Waals surface area contributed by atoms with Crippen molar-refractivity contribution >= 4 is 17.6 Å². The number of rotatable bonds is 5. The van der Waals surface area contributed by atoms with Gasteiger partial charge in [0.1, 0.15) is 6.33 Å². The number of aryl methyl sites for hydroxylation is 2. The monoisotopic (exact) mass is 295 g/mol. The van der Waals surface area contributed by atoms with E-state index in [9.17, 15) is 0 Å². The van der Waals surface area contributed by atoms with Gasteiger partial charge in [0.15, 0.2) is 0 Å². The molecule has 0 aliphatic carbocycles. The molecule has 7 nitrogen and oxygen atoms in total. The number of benzene rings is 1. The summed E-state index contributed by atoms with van der Waals surface area (Å²) >= 11 is 0. The van der Waals surface area contributed by atoms with Crippen molar-refractivity contribution in [3.8, 4) is 0 Å². The molecular weight excluding hydrogens is 278 g/mol. The fourth-order valence-corrected chi connectivity index (χ4v) is 2.18. The molecular formula is C15H17N7. The molecule has 0 saturated carbocycles. The van der Waals surface area contributed by atoms with Crippen molar-refractivity contribution in [2.75, 3.05) is 10.6 Å². The van der Waals surface area contributed by atoms with Crippen LogP contribution in [0.15, 0.2) is 36.9 Å². The van der Waals surface area contributed by atoms with Crippen molar-refractivity contribution in [3.63, 3.8) is 0 Å². The van der Waals surface area contributed by atoms with Crippen LogP contribution < -0.4 is 10.6 Å². The molecule has 0 amide bonds. The Hall–Kier alpha value is -2.96. The van der Waals surface area contributed by atoms with Gasteiger partial charge in [0.25, 0.3) is 0 Å². The number of nitrogens with zero attached hydrogens (tertiary/aromatic N) is 4. The zero-order chi connectivity index (χ0) is 15.4. The SMILES string of the molecule is Cc1cc(C)cc(Nc2n[nH]c(NCc3cncnc3)n2)c1. The smallest absolute Gasteiger partial charge is 0.248 e. The Balaban J connectivity index is 1.63. The Kier molecular flexibility index (Phi) is 3.95. The van der Waals surface area contributed by atoms with Gasteiger partial charge in [-0.1, -0.05) is 6.07 Å². The highest BCUT2D eigenvalue weighted by Gasteiger charge is 2.04. The second-order valence-electron chi connectivity index (χ2n) is 5.11. The van der Waals surface area contributed by atoms with Crippen LogP contribution in [0.1, 0.15) is 16.7 Å². The first kappa shape index (κ1) is 14.0. The van der Waals surface area contributed by atoms with E-state index in [1.54, 1.807) is 12.4 Å². The minimum Gasteiger partial charge on any atom is -0.350 e. The maximum atomic E-state index is 4.35. The van der Waals surface area contributed by atoms with Crippen LogP contribution in [0.4, 0.5) is 17.6 Å². The van der Waals surface area contributed by atoms with Gasteiger partial charge in [0.05, 0.1) is 0 Å². The summed E-state index contributed by atoms with van der Waals surface area (Å²) < 4.78 is 0. The predicted octanol–water partition coefficient (Wildman–Crippen LogP) is 2.57. The van der Waals surface area contributed by atoms with E-state index >= 15 is 0 Å². The minimum absolute atomic E-state index is 0.525. The average molecular weight is 295 g/mol. The van der Waals surface area contributed by atoms with Crippen molar-refractivity contribution in [1.82, 2.24) is 25.1 Å². The Morgan fingerprint density at radius 2 is 1.77 bits per heavy atom. The van der Waals surface area contributed by atoms with E-state index in [0.29, 0.717) is 18.4 Å². The molecule has 3 aromatic rings. The molecule has 7 heteroatoms. The zero-order valence-electron chi connectivity index (χ0n) is 12.5. The Morgan fingerprint density at radius 1 is 1.05 bits per heavy atom. The summed E-state index contributed by atoms with van der Waals surface area (Å²) in [5.41, 5.74) is 4.34. The molecule has 0 atom stereocenters. The maximum absolute atomic E-state index is 4.35. The molecule has 0 fully saturated rings. The maximum Gasteiger partial charge on any atom is 0.248 e. The standard InChI is InChI=1S/C15H17N7/c1-10-3-11(2)5-13(4-10)19-15-20-14(21-22-15)18-8-12-6-16-9-17-7-12/h3-7,9H,8H2,1-2H3,(H3,18,19,20,21,22). The third-order valence-electron chi connectivity index (χ3n) is 3.04. The van der Waals surface area contributed by atoms with Crippen molar-refractivity contribution in [2.45, 2.75) is 20.4 Å². The van der Waals surface area contributed by atoms with E-state index in [1.807, 2.05) is 0 Å².